The Morgan fingerprint density at radius 2 is 1.80 bits per heavy atom. The number of nitrogen functional groups attached to an aromatic ring is 1. The molecule has 2 aromatic rings. The van der Waals surface area contributed by atoms with Crippen LogP contribution in [0.4, 0.5) is 19.0 Å². The third-order valence-electron chi connectivity index (χ3n) is 3.13. The zero-order valence-corrected chi connectivity index (χ0v) is 11.6. The molecular weight excluding hydrogens is 291 g/mol. The number of anilines is 1. The van der Waals surface area contributed by atoms with Crippen LogP contribution >= 0.6 is 11.6 Å². The number of benzene rings is 1. The van der Waals surface area contributed by atoms with E-state index in [1.54, 1.807) is 13.8 Å². The van der Waals surface area contributed by atoms with Crippen LogP contribution in [0.2, 0.25) is 5.02 Å². The van der Waals surface area contributed by atoms with E-state index in [0.717, 1.165) is 12.1 Å². The SMILES string of the molecule is Cc1nn(C(C)c2ccc(C(F)(F)F)cc2)c(N)c1Cl. The van der Waals surface area contributed by atoms with Gasteiger partial charge in [-0.15, -0.1) is 0 Å². The van der Waals surface area contributed by atoms with Crippen molar-refractivity contribution in [2.45, 2.75) is 26.1 Å². The summed E-state index contributed by atoms with van der Waals surface area (Å²) in [6, 6.07) is 4.61. The Kier molecular flexibility index (Phi) is 3.69. The highest BCUT2D eigenvalue weighted by Crippen LogP contribution is 2.32. The van der Waals surface area contributed by atoms with Gasteiger partial charge in [0.1, 0.15) is 10.8 Å². The van der Waals surface area contributed by atoms with E-state index in [-0.39, 0.29) is 6.04 Å². The van der Waals surface area contributed by atoms with E-state index in [0.29, 0.717) is 22.1 Å². The molecule has 0 bridgehead atoms. The molecule has 1 heterocycles. The van der Waals surface area contributed by atoms with Gasteiger partial charge in [-0.3, -0.25) is 0 Å². The summed E-state index contributed by atoms with van der Waals surface area (Å²) in [6.45, 7) is 3.51. The molecule has 2 N–H and O–H groups in total. The van der Waals surface area contributed by atoms with Crippen molar-refractivity contribution in [2.75, 3.05) is 5.73 Å². The highest BCUT2D eigenvalue weighted by Gasteiger charge is 2.30. The van der Waals surface area contributed by atoms with Gasteiger partial charge in [-0.2, -0.15) is 18.3 Å². The first-order valence-electron chi connectivity index (χ1n) is 5.89. The molecule has 2 rings (SSSR count). The average molecular weight is 304 g/mol. The van der Waals surface area contributed by atoms with Crippen LogP contribution in [-0.4, -0.2) is 9.78 Å². The van der Waals surface area contributed by atoms with Crippen LogP contribution in [0.3, 0.4) is 0 Å². The highest BCUT2D eigenvalue weighted by atomic mass is 35.5. The second kappa shape index (κ2) is 5.01. The lowest BCUT2D eigenvalue weighted by Gasteiger charge is -2.15. The molecule has 20 heavy (non-hydrogen) atoms. The largest absolute Gasteiger partial charge is 0.416 e. The Bertz CT molecular complexity index is 617. The van der Waals surface area contributed by atoms with Crippen molar-refractivity contribution in [3.63, 3.8) is 0 Å². The van der Waals surface area contributed by atoms with Gasteiger partial charge in [-0.25, -0.2) is 4.68 Å². The second-order valence-electron chi connectivity index (χ2n) is 4.52. The Morgan fingerprint density at radius 3 is 2.20 bits per heavy atom. The Morgan fingerprint density at radius 1 is 1.25 bits per heavy atom. The predicted molar refractivity (Wildman–Crippen MR) is 71.6 cm³/mol. The Balaban J connectivity index is 2.34. The van der Waals surface area contributed by atoms with Crippen LogP contribution in [0, 0.1) is 6.92 Å². The molecule has 0 saturated carbocycles. The molecule has 0 aliphatic heterocycles. The first-order valence-corrected chi connectivity index (χ1v) is 6.27. The second-order valence-corrected chi connectivity index (χ2v) is 4.90. The molecule has 0 amide bonds. The fraction of sp³-hybridized carbons (Fsp3) is 0.308. The monoisotopic (exact) mass is 303 g/mol. The maximum Gasteiger partial charge on any atom is 0.416 e. The molecule has 1 unspecified atom stereocenters. The summed E-state index contributed by atoms with van der Waals surface area (Å²) in [4.78, 5) is 0. The summed E-state index contributed by atoms with van der Waals surface area (Å²) in [5.41, 5.74) is 6.40. The number of nitrogens with two attached hydrogens (primary N) is 1. The number of rotatable bonds is 2. The molecule has 0 saturated heterocycles. The van der Waals surface area contributed by atoms with E-state index >= 15 is 0 Å². The van der Waals surface area contributed by atoms with E-state index < -0.39 is 11.7 Å². The van der Waals surface area contributed by atoms with E-state index in [4.69, 9.17) is 17.3 Å². The third kappa shape index (κ3) is 2.60. The molecule has 0 aliphatic rings. The van der Waals surface area contributed by atoms with Crippen LogP contribution in [0.25, 0.3) is 0 Å². The number of hydrogen-bond acceptors (Lipinski definition) is 2. The molecule has 0 spiro atoms. The van der Waals surface area contributed by atoms with Gasteiger partial charge in [0.05, 0.1) is 17.3 Å². The quantitative estimate of drug-likeness (QED) is 0.909. The summed E-state index contributed by atoms with van der Waals surface area (Å²) >= 11 is 5.96. The molecular formula is C13H13ClF3N3. The normalized spacial score (nSPS) is 13.5. The smallest absolute Gasteiger partial charge is 0.383 e. The molecule has 0 fully saturated rings. The van der Waals surface area contributed by atoms with E-state index in [1.807, 2.05) is 0 Å². The average Bonchev–Trinajstić information content (AvgIpc) is 2.65. The number of aromatic nitrogens is 2. The topological polar surface area (TPSA) is 43.8 Å². The molecule has 1 atom stereocenters. The summed E-state index contributed by atoms with van der Waals surface area (Å²) in [7, 11) is 0. The minimum atomic E-state index is -4.34. The van der Waals surface area contributed by atoms with Gasteiger partial charge < -0.3 is 5.73 Å². The van der Waals surface area contributed by atoms with Crippen LogP contribution < -0.4 is 5.73 Å². The van der Waals surface area contributed by atoms with Crippen molar-refractivity contribution in [3.8, 4) is 0 Å². The number of halogens is 4. The molecule has 7 heteroatoms. The van der Waals surface area contributed by atoms with E-state index in [9.17, 15) is 13.2 Å². The lowest BCUT2D eigenvalue weighted by molar-refractivity contribution is -0.137. The fourth-order valence-electron chi connectivity index (χ4n) is 1.93. The van der Waals surface area contributed by atoms with Crippen LogP contribution in [0.5, 0.6) is 0 Å². The van der Waals surface area contributed by atoms with Gasteiger partial charge in [0.15, 0.2) is 0 Å². The summed E-state index contributed by atoms with van der Waals surface area (Å²) in [5, 5.41) is 4.56. The number of aryl methyl sites for hydroxylation is 1. The van der Waals surface area contributed by atoms with Crippen molar-refractivity contribution < 1.29 is 13.2 Å². The van der Waals surface area contributed by atoms with Gasteiger partial charge in [0.2, 0.25) is 0 Å². The van der Waals surface area contributed by atoms with Crippen molar-refractivity contribution in [1.82, 2.24) is 9.78 Å². The first kappa shape index (κ1) is 14.7. The van der Waals surface area contributed by atoms with Crippen molar-refractivity contribution in [1.29, 1.82) is 0 Å². The molecule has 1 aromatic heterocycles. The number of alkyl halides is 3. The lowest BCUT2D eigenvalue weighted by Crippen LogP contribution is -2.12. The first-order chi connectivity index (χ1) is 9.21. The zero-order valence-electron chi connectivity index (χ0n) is 10.9. The maximum absolute atomic E-state index is 12.5. The summed E-state index contributed by atoms with van der Waals surface area (Å²) in [5.74, 6) is 0.302. The Labute approximate surface area is 119 Å². The van der Waals surface area contributed by atoms with Crippen LogP contribution in [0.1, 0.15) is 29.8 Å². The minimum absolute atomic E-state index is 0.302. The van der Waals surface area contributed by atoms with Gasteiger partial charge in [0.25, 0.3) is 0 Å². The van der Waals surface area contributed by atoms with Crippen molar-refractivity contribution in [3.05, 3.63) is 46.1 Å². The predicted octanol–water partition coefficient (Wildman–Crippen LogP) is 4.06. The highest BCUT2D eigenvalue weighted by molar-refractivity contribution is 6.33. The van der Waals surface area contributed by atoms with Crippen LogP contribution in [0.15, 0.2) is 24.3 Å². The molecule has 108 valence electrons. The minimum Gasteiger partial charge on any atom is -0.383 e. The summed E-state index contributed by atoms with van der Waals surface area (Å²) in [6.07, 6.45) is -4.34. The molecule has 0 aliphatic carbocycles. The Hall–Kier alpha value is -1.69. The third-order valence-corrected chi connectivity index (χ3v) is 3.60. The fourth-order valence-corrected chi connectivity index (χ4v) is 2.06. The van der Waals surface area contributed by atoms with Gasteiger partial charge in [0, 0.05) is 0 Å². The summed E-state index contributed by atoms with van der Waals surface area (Å²) < 4.78 is 39.0. The zero-order chi connectivity index (χ0) is 15.1. The molecule has 1 aromatic carbocycles. The molecule has 0 radical (unpaired) electrons. The van der Waals surface area contributed by atoms with E-state index in [1.165, 1.54) is 16.8 Å². The number of hydrogen-bond donors (Lipinski definition) is 1. The standard InChI is InChI=1S/C13H13ClF3N3/c1-7-11(14)12(18)20(19-7)8(2)9-3-5-10(6-4-9)13(15,16)17/h3-6,8H,18H2,1-2H3. The number of nitrogens with zero attached hydrogens (tertiary/aromatic N) is 2. The van der Waals surface area contributed by atoms with Crippen LogP contribution in [-0.2, 0) is 6.18 Å². The van der Waals surface area contributed by atoms with Gasteiger partial charge in [-0.1, -0.05) is 23.7 Å². The lowest BCUT2D eigenvalue weighted by atomic mass is 10.1. The van der Waals surface area contributed by atoms with E-state index in [2.05, 4.69) is 5.10 Å². The van der Waals surface area contributed by atoms with Crippen molar-refractivity contribution in [2.24, 2.45) is 0 Å². The van der Waals surface area contributed by atoms with Gasteiger partial charge in [-0.05, 0) is 31.5 Å². The molecule has 3 nitrogen and oxygen atoms in total. The van der Waals surface area contributed by atoms with Gasteiger partial charge >= 0.3 is 6.18 Å². The maximum atomic E-state index is 12.5. The van der Waals surface area contributed by atoms with Crippen molar-refractivity contribution >= 4 is 17.4 Å².